The van der Waals surface area contributed by atoms with Gasteiger partial charge in [0.2, 0.25) is 17.4 Å². The number of anilines is 2. The van der Waals surface area contributed by atoms with Crippen molar-refractivity contribution in [3.05, 3.63) is 60.9 Å². The number of carbonyl (C=O) groups excluding carboxylic acids is 3. The zero-order valence-electron chi connectivity index (χ0n) is 19.6. The van der Waals surface area contributed by atoms with Crippen LogP contribution in [-0.4, -0.2) is 63.8 Å². The number of aromatic nitrogens is 2. The summed E-state index contributed by atoms with van der Waals surface area (Å²) in [4.78, 5) is 60.2. The number of nitrogens with one attached hydrogen (secondary N) is 2. The summed E-state index contributed by atoms with van der Waals surface area (Å²) < 4.78 is 0. The molecule has 0 aliphatic carbocycles. The Kier molecular flexibility index (Phi) is 10.0. The van der Waals surface area contributed by atoms with Crippen molar-refractivity contribution in [1.82, 2.24) is 20.6 Å². The molecule has 0 fully saturated rings. The Morgan fingerprint density at radius 2 is 1.60 bits per heavy atom. The third-order valence-electron chi connectivity index (χ3n) is 5.19. The van der Waals surface area contributed by atoms with Crippen LogP contribution in [-0.2, 0) is 19.2 Å². The molecule has 0 saturated heterocycles. The van der Waals surface area contributed by atoms with Gasteiger partial charge in [-0.25, -0.2) is 14.8 Å². The number of pyridine rings is 2. The Morgan fingerprint density at radius 3 is 2.06 bits per heavy atom. The van der Waals surface area contributed by atoms with E-state index in [1.165, 1.54) is 24.2 Å². The molecule has 2 amide bonds. The molecule has 0 saturated carbocycles. The molecule has 0 bridgehead atoms. The number of hydrogen-bond donors (Lipinski definition) is 4. The second-order valence-corrected chi connectivity index (χ2v) is 7.79. The lowest BCUT2D eigenvalue weighted by Gasteiger charge is -2.39. The molecule has 2 heterocycles. The van der Waals surface area contributed by atoms with Crippen LogP contribution in [0.2, 0.25) is 0 Å². The first-order valence-electron chi connectivity index (χ1n) is 11.0. The minimum absolute atomic E-state index is 0.103. The number of nitrogens with zero attached hydrogens (tertiary/aromatic N) is 3. The number of carbonyl (C=O) groups is 4. The molecule has 35 heavy (non-hydrogen) atoms. The molecule has 0 unspecified atom stereocenters. The predicted octanol–water partition coefficient (Wildman–Crippen LogP) is 0.945. The molecule has 1 atom stereocenters. The average Bonchev–Trinajstić information content (AvgIpc) is 2.86. The van der Waals surface area contributed by atoms with Gasteiger partial charge < -0.3 is 21.5 Å². The van der Waals surface area contributed by atoms with Gasteiger partial charge >= 0.3 is 5.97 Å². The van der Waals surface area contributed by atoms with E-state index in [9.17, 15) is 24.3 Å². The highest BCUT2D eigenvalue weighted by Crippen LogP contribution is 2.35. The molecule has 2 aromatic heterocycles. The monoisotopic (exact) mass is 482 g/mol. The first-order chi connectivity index (χ1) is 16.7. The molecule has 11 nitrogen and oxygen atoms in total. The van der Waals surface area contributed by atoms with Gasteiger partial charge in [-0.05, 0) is 57.0 Å². The van der Waals surface area contributed by atoms with E-state index in [0.29, 0.717) is 19.4 Å². The number of rotatable bonds is 14. The fraction of sp³-hybridized carbons (Fsp3) is 0.333. The van der Waals surface area contributed by atoms with Crippen LogP contribution in [0.3, 0.4) is 0 Å². The molecule has 11 heteroatoms. The van der Waals surface area contributed by atoms with Crippen LogP contribution in [0.5, 0.6) is 0 Å². The van der Waals surface area contributed by atoms with Gasteiger partial charge in [-0.1, -0.05) is 18.7 Å². The summed E-state index contributed by atoms with van der Waals surface area (Å²) in [6, 6.07) is 9.82. The number of carboxylic acid groups (broad SMARTS) is 1. The second-order valence-electron chi connectivity index (χ2n) is 7.79. The predicted molar refractivity (Wildman–Crippen MR) is 130 cm³/mol. The van der Waals surface area contributed by atoms with E-state index in [2.05, 4.69) is 27.2 Å². The number of unbranched alkanes of at least 4 members (excludes halogenated alkanes) is 1. The summed E-state index contributed by atoms with van der Waals surface area (Å²) in [5, 5.41) is 15.2. The van der Waals surface area contributed by atoms with Crippen molar-refractivity contribution in [2.45, 2.75) is 31.7 Å². The number of amides is 2. The van der Waals surface area contributed by atoms with Gasteiger partial charge in [0.1, 0.15) is 11.6 Å². The summed E-state index contributed by atoms with van der Waals surface area (Å²) in [5.74, 6) is -2.95. The maximum atomic E-state index is 13.6. The second kappa shape index (κ2) is 12.9. The molecule has 2 aromatic rings. The maximum Gasteiger partial charge on any atom is 0.337 e. The lowest BCUT2D eigenvalue weighted by molar-refractivity contribution is -0.148. The first kappa shape index (κ1) is 27.1. The Hall–Kier alpha value is -4.12. The Morgan fingerprint density at radius 1 is 1.00 bits per heavy atom. The van der Waals surface area contributed by atoms with Crippen LogP contribution < -0.4 is 21.3 Å². The van der Waals surface area contributed by atoms with Crippen molar-refractivity contribution in [3.63, 3.8) is 0 Å². The molecule has 2 rings (SSSR count). The summed E-state index contributed by atoms with van der Waals surface area (Å²) in [6.07, 6.45) is 3.67. The molecule has 0 aliphatic rings. The van der Waals surface area contributed by atoms with Gasteiger partial charge in [0.15, 0.2) is 5.78 Å². The zero-order valence-corrected chi connectivity index (χ0v) is 19.6. The molecular formula is C24H30N6O5. The van der Waals surface area contributed by atoms with Crippen LogP contribution in [0.15, 0.2) is 60.9 Å². The quantitative estimate of drug-likeness (QED) is 0.174. The van der Waals surface area contributed by atoms with Crippen molar-refractivity contribution < 1.29 is 24.3 Å². The number of carboxylic acids is 1. The lowest BCUT2D eigenvalue weighted by atomic mass is 9.85. The van der Waals surface area contributed by atoms with Gasteiger partial charge in [0.25, 0.3) is 0 Å². The van der Waals surface area contributed by atoms with Crippen LogP contribution in [0.1, 0.15) is 26.2 Å². The fourth-order valence-electron chi connectivity index (χ4n) is 3.40. The molecule has 0 spiro atoms. The summed E-state index contributed by atoms with van der Waals surface area (Å²) >= 11 is 0. The van der Waals surface area contributed by atoms with Crippen LogP contribution in [0.25, 0.3) is 0 Å². The third-order valence-corrected chi connectivity index (χ3v) is 5.19. The number of Topliss-reactive ketones (excluding diaryl/α,β-unsaturated/α-hetero) is 1. The molecule has 186 valence electrons. The summed E-state index contributed by atoms with van der Waals surface area (Å²) in [6.45, 7) is 4.30. The van der Waals surface area contributed by atoms with E-state index >= 15 is 0 Å². The van der Waals surface area contributed by atoms with Gasteiger partial charge in [0, 0.05) is 18.0 Å². The number of nitrogens with two attached hydrogens (primary N) is 1. The van der Waals surface area contributed by atoms with Gasteiger partial charge in [-0.15, -0.1) is 0 Å². The number of aliphatic carboxylic acids is 1. The maximum absolute atomic E-state index is 13.6. The van der Waals surface area contributed by atoms with Crippen molar-refractivity contribution in [3.8, 4) is 0 Å². The van der Waals surface area contributed by atoms with Crippen LogP contribution in [0.4, 0.5) is 11.6 Å². The summed E-state index contributed by atoms with van der Waals surface area (Å²) in [5.41, 5.74) is 3.71. The minimum atomic E-state index is -2.13. The van der Waals surface area contributed by atoms with E-state index in [-0.39, 0.29) is 23.6 Å². The van der Waals surface area contributed by atoms with Gasteiger partial charge in [-0.2, -0.15) is 0 Å². The highest BCUT2D eigenvalue weighted by Gasteiger charge is 2.52. The smallest absolute Gasteiger partial charge is 0.337 e. The first-order valence-corrected chi connectivity index (χ1v) is 11.0. The molecule has 0 aromatic carbocycles. The summed E-state index contributed by atoms with van der Waals surface area (Å²) in [7, 11) is 0. The lowest BCUT2D eigenvalue weighted by Crippen LogP contribution is -2.61. The van der Waals surface area contributed by atoms with E-state index in [1.54, 1.807) is 36.4 Å². The van der Waals surface area contributed by atoms with Gasteiger partial charge in [-0.3, -0.25) is 19.3 Å². The normalized spacial score (nSPS) is 12.2. The van der Waals surface area contributed by atoms with Crippen molar-refractivity contribution >= 4 is 35.2 Å². The third kappa shape index (κ3) is 6.93. The number of hydrogen-bond acceptors (Lipinski definition) is 8. The average molecular weight is 483 g/mol. The minimum Gasteiger partial charge on any atom is -0.479 e. The van der Waals surface area contributed by atoms with Crippen molar-refractivity contribution in [2.75, 3.05) is 24.5 Å². The fourth-order valence-corrected chi connectivity index (χ4v) is 3.40. The van der Waals surface area contributed by atoms with Crippen LogP contribution in [0, 0.1) is 0 Å². The molecular weight excluding hydrogens is 452 g/mol. The van der Waals surface area contributed by atoms with Gasteiger partial charge in [0.05, 0.1) is 13.1 Å². The largest absolute Gasteiger partial charge is 0.479 e. The standard InChI is InChI=1S/C24H30N6O5/c1-17(2)22(33)29-16-21(32)28-15-18(31)24(23(34)35,11-5-6-12-25)30(19-9-3-7-13-26-19)20-10-4-8-14-27-20/h3-4,7-10,13-14H,1,5-6,11-12,15-16,25H2,2H3,(H,28,32)(H,29,33)(H,34,35)/t24-/m1/s1. The molecule has 5 N–H and O–H groups in total. The van der Waals surface area contributed by atoms with E-state index in [4.69, 9.17) is 5.73 Å². The Labute approximate surface area is 203 Å². The Balaban J connectivity index is 2.44. The molecule has 0 radical (unpaired) electrons. The number of ketones is 1. The van der Waals surface area contributed by atoms with E-state index < -0.39 is 42.2 Å². The highest BCUT2D eigenvalue weighted by molar-refractivity contribution is 6.13. The van der Waals surface area contributed by atoms with Crippen LogP contribution >= 0.6 is 0 Å². The Bertz CT molecular complexity index is 1010. The van der Waals surface area contributed by atoms with E-state index in [1.807, 2.05) is 0 Å². The van der Waals surface area contributed by atoms with E-state index in [0.717, 1.165) is 0 Å². The zero-order chi connectivity index (χ0) is 25.8. The topological polar surface area (TPSA) is 168 Å². The highest BCUT2D eigenvalue weighted by atomic mass is 16.4. The molecule has 0 aliphatic heterocycles. The van der Waals surface area contributed by atoms with Crippen molar-refractivity contribution in [1.29, 1.82) is 0 Å². The van der Waals surface area contributed by atoms with Crippen molar-refractivity contribution in [2.24, 2.45) is 5.73 Å². The SMILES string of the molecule is C=C(C)C(=O)NCC(=O)NCC(=O)[C@](CCCCN)(C(=O)O)N(c1ccccn1)c1ccccn1.